The summed E-state index contributed by atoms with van der Waals surface area (Å²) in [7, 11) is -3.57. The molecule has 1 unspecified atom stereocenters. The zero-order valence-corrected chi connectivity index (χ0v) is 10.8. The van der Waals surface area contributed by atoms with Gasteiger partial charge in [-0.1, -0.05) is 17.7 Å². The monoisotopic (exact) mass is 255 g/mol. The lowest BCUT2D eigenvalue weighted by Gasteiger charge is -2.24. The van der Waals surface area contributed by atoms with Gasteiger partial charge in [-0.05, 0) is 38.8 Å². The van der Waals surface area contributed by atoms with Crippen LogP contribution in [0.15, 0.2) is 29.2 Å². The highest BCUT2D eigenvalue weighted by Crippen LogP contribution is 2.29. The Morgan fingerprint density at radius 3 is 2.29 bits per heavy atom. The second-order valence-electron chi connectivity index (χ2n) is 4.55. The molecular formula is C12H17NO3S. The lowest BCUT2D eigenvalue weighted by atomic mass is 10.2. The maximum atomic E-state index is 12.3. The standard InChI is InChI=1S/C12H17NO3S/c1-9-3-6-11(7-4-9)17(15,16)13-10(2)5-8-12(13)14/h3-4,6-7,10,12,14H,5,8H2,1-2H3/t10-,12?/m1/s1. The number of nitrogens with zero attached hydrogens (tertiary/aromatic N) is 1. The van der Waals surface area contributed by atoms with Crippen LogP contribution < -0.4 is 0 Å². The van der Waals surface area contributed by atoms with E-state index in [0.29, 0.717) is 12.8 Å². The molecule has 0 amide bonds. The fourth-order valence-electron chi connectivity index (χ4n) is 2.17. The smallest absolute Gasteiger partial charge is 0.245 e. The average Bonchev–Trinajstić information content (AvgIpc) is 2.59. The summed E-state index contributed by atoms with van der Waals surface area (Å²) in [6.45, 7) is 3.73. The Kier molecular flexibility index (Phi) is 3.25. The molecule has 2 rings (SSSR count). The van der Waals surface area contributed by atoms with Crippen LogP contribution >= 0.6 is 0 Å². The summed E-state index contributed by atoms with van der Waals surface area (Å²) in [6.07, 6.45) is 0.315. The van der Waals surface area contributed by atoms with Gasteiger partial charge in [0.05, 0.1) is 4.90 Å². The Morgan fingerprint density at radius 2 is 1.82 bits per heavy atom. The van der Waals surface area contributed by atoms with Gasteiger partial charge in [-0.2, -0.15) is 4.31 Å². The van der Waals surface area contributed by atoms with Crippen molar-refractivity contribution < 1.29 is 13.5 Å². The predicted octanol–water partition coefficient (Wildman–Crippen LogP) is 1.49. The molecule has 1 aromatic carbocycles. The second kappa shape index (κ2) is 4.40. The van der Waals surface area contributed by atoms with Gasteiger partial charge in [0.1, 0.15) is 6.23 Å². The normalized spacial score (nSPS) is 26.3. The molecule has 5 heteroatoms. The molecule has 17 heavy (non-hydrogen) atoms. The third-order valence-electron chi connectivity index (χ3n) is 3.17. The van der Waals surface area contributed by atoms with E-state index < -0.39 is 16.3 Å². The molecule has 1 heterocycles. The van der Waals surface area contributed by atoms with E-state index >= 15 is 0 Å². The third-order valence-corrected chi connectivity index (χ3v) is 5.19. The van der Waals surface area contributed by atoms with Gasteiger partial charge in [-0.25, -0.2) is 8.42 Å². The maximum absolute atomic E-state index is 12.3. The molecule has 0 saturated carbocycles. The summed E-state index contributed by atoms with van der Waals surface area (Å²) >= 11 is 0. The Hall–Kier alpha value is -0.910. The number of hydrogen-bond donors (Lipinski definition) is 1. The molecule has 1 aliphatic rings. The van der Waals surface area contributed by atoms with Crippen LogP contribution in [-0.2, 0) is 10.0 Å². The average molecular weight is 255 g/mol. The van der Waals surface area contributed by atoms with Gasteiger partial charge in [0.15, 0.2) is 0 Å². The zero-order chi connectivity index (χ0) is 12.6. The molecule has 0 spiro atoms. The van der Waals surface area contributed by atoms with Crippen molar-refractivity contribution in [3.63, 3.8) is 0 Å². The van der Waals surface area contributed by atoms with E-state index in [9.17, 15) is 13.5 Å². The molecule has 4 nitrogen and oxygen atoms in total. The van der Waals surface area contributed by atoms with Crippen molar-refractivity contribution in [2.24, 2.45) is 0 Å². The van der Waals surface area contributed by atoms with Crippen molar-refractivity contribution in [3.8, 4) is 0 Å². The van der Waals surface area contributed by atoms with Crippen molar-refractivity contribution in [3.05, 3.63) is 29.8 Å². The van der Waals surface area contributed by atoms with Gasteiger partial charge < -0.3 is 5.11 Å². The number of aliphatic hydroxyl groups excluding tert-OH is 1. The van der Waals surface area contributed by atoms with Crippen LogP contribution in [-0.4, -0.2) is 30.1 Å². The summed E-state index contributed by atoms with van der Waals surface area (Å²) in [4.78, 5) is 0.246. The van der Waals surface area contributed by atoms with E-state index in [-0.39, 0.29) is 10.9 Å². The summed E-state index contributed by atoms with van der Waals surface area (Å²) < 4.78 is 25.9. The van der Waals surface area contributed by atoms with Crippen LogP contribution in [0.5, 0.6) is 0 Å². The van der Waals surface area contributed by atoms with Crippen LogP contribution in [0.3, 0.4) is 0 Å². The van der Waals surface area contributed by atoms with Crippen molar-refractivity contribution in [1.29, 1.82) is 0 Å². The van der Waals surface area contributed by atoms with Gasteiger partial charge in [0.2, 0.25) is 10.0 Å². The quantitative estimate of drug-likeness (QED) is 0.871. The highest BCUT2D eigenvalue weighted by molar-refractivity contribution is 7.89. The first-order chi connectivity index (χ1) is 7.93. The minimum absolute atomic E-state index is 0.142. The van der Waals surface area contributed by atoms with E-state index in [4.69, 9.17) is 0 Å². The van der Waals surface area contributed by atoms with Crippen molar-refractivity contribution >= 4 is 10.0 Å². The molecule has 1 fully saturated rings. The van der Waals surface area contributed by atoms with Crippen molar-refractivity contribution in [2.45, 2.75) is 43.9 Å². The molecule has 1 aromatic rings. The predicted molar refractivity (Wildman–Crippen MR) is 64.9 cm³/mol. The zero-order valence-electron chi connectivity index (χ0n) is 10.00. The number of rotatable bonds is 2. The summed E-state index contributed by atoms with van der Waals surface area (Å²) in [5.41, 5.74) is 1.01. The first-order valence-electron chi connectivity index (χ1n) is 5.71. The van der Waals surface area contributed by atoms with E-state index in [0.717, 1.165) is 5.56 Å². The van der Waals surface area contributed by atoms with Crippen molar-refractivity contribution in [2.75, 3.05) is 0 Å². The molecular weight excluding hydrogens is 238 g/mol. The van der Waals surface area contributed by atoms with Crippen LogP contribution in [0, 0.1) is 6.92 Å². The Bertz CT molecular complexity index is 485. The van der Waals surface area contributed by atoms with Crippen LogP contribution in [0.4, 0.5) is 0 Å². The maximum Gasteiger partial charge on any atom is 0.245 e. The van der Waals surface area contributed by atoms with Gasteiger partial charge in [-0.3, -0.25) is 0 Å². The fourth-order valence-corrected chi connectivity index (χ4v) is 3.90. The summed E-state index contributed by atoms with van der Waals surface area (Å²) in [5.74, 6) is 0. The van der Waals surface area contributed by atoms with E-state index in [2.05, 4.69) is 0 Å². The topological polar surface area (TPSA) is 57.6 Å². The van der Waals surface area contributed by atoms with Crippen molar-refractivity contribution in [1.82, 2.24) is 4.31 Å². The molecule has 1 saturated heterocycles. The van der Waals surface area contributed by atoms with Crippen LogP contribution in [0.1, 0.15) is 25.3 Å². The molecule has 94 valence electrons. The molecule has 1 aliphatic heterocycles. The number of aryl methyl sites for hydroxylation is 1. The Morgan fingerprint density at radius 1 is 1.24 bits per heavy atom. The Balaban J connectivity index is 2.39. The molecule has 2 atom stereocenters. The van der Waals surface area contributed by atoms with E-state index in [1.807, 2.05) is 13.8 Å². The minimum atomic E-state index is -3.57. The second-order valence-corrected chi connectivity index (χ2v) is 6.40. The molecule has 0 bridgehead atoms. The van der Waals surface area contributed by atoms with Gasteiger partial charge >= 0.3 is 0 Å². The van der Waals surface area contributed by atoms with E-state index in [1.165, 1.54) is 4.31 Å². The molecule has 0 aromatic heterocycles. The lowest BCUT2D eigenvalue weighted by molar-refractivity contribution is 0.0828. The first-order valence-corrected chi connectivity index (χ1v) is 7.15. The lowest BCUT2D eigenvalue weighted by Crippen LogP contribution is -2.39. The number of hydrogen-bond acceptors (Lipinski definition) is 3. The SMILES string of the molecule is Cc1ccc(S(=O)(=O)N2C(O)CC[C@H]2C)cc1. The minimum Gasteiger partial charge on any atom is -0.377 e. The summed E-state index contributed by atoms with van der Waals surface area (Å²) in [6, 6.07) is 6.56. The molecule has 0 radical (unpaired) electrons. The highest BCUT2D eigenvalue weighted by atomic mass is 32.2. The number of aliphatic hydroxyl groups is 1. The van der Waals surface area contributed by atoms with E-state index in [1.54, 1.807) is 24.3 Å². The van der Waals surface area contributed by atoms with Gasteiger partial charge in [0.25, 0.3) is 0 Å². The van der Waals surface area contributed by atoms with Gasteiger partial charge in [0, 0.05) is 6.04 Å². The first kappa shape index (κ1) is 12.5. The number of benzene rings is 1. The Labute approximate surface area is 102 Å². The van der Waals surface area contributed by atoms with Gasteiger partial charge in [-0.15, -0.1) is 0 Å². The molecule has 0 aliphatic carbocycles. The molecule has 1 N–H and O–H groups in total. The number of sulfonamides is 1. The largest absolute Gasteiger partial charge is 0.377 e. The van der Waals surface area contributed by atoms with Crippen LogP contribution in [0.25, 0.3) is 0 Å². The highest BCUT2D eigenvalue weighted by Gasteiger charge is 2.38. The van der Waals surface area contributed by atoms with Crippen LogP contribution in [0.2, 0.25) is 0 Å². The third kappa shape index (κ3) is 2.22. The fraction of sp³-hybridized carbons (Fsp3) is 0.500. The summed E-state index contributed by atoms with van der Waals surface area (Å²) in [5, 5.41) is 9.76.